The van der Waals surface area contributed by atoms with Gasteiger partial charge in [-0.25, -0.2) is 9.67 Å². The van der Waals surface area contributed by atoms with E-state index in [0.717, 1.165) is 11.3 Å². The predicted molar refractivity (Wildman–Crippen MR) is 105 cm³/mol. The third-order valence-corrected chi connectivity index (χ3v) is 4.42. The minimum Gasteiger partial charge on any atom is -0.475 e. The summed E-state index contributed by atoms with van der Waals surface area (Å²) < 4.78 is 7.22. The SMILES string of the molecule is Cc1cccc(C(=O)Nc2c(C3=NCCO3)cnn2-c2ccc(Cl)cc2)c1. The summed E-state index contributed by atoms with van der Waals surface area (Å²) in [7, 11) is 0. The van der Waals surface area contributed by atoms with Crippen LogP contribution in [-0.4, -0.2) is 34.7 Å². The Balaban J connectivity index is 1.75. The van der Waals surface area contributed by atoms with E-state index in [2.05, 4.69) is 15.4 Å². The van der Waals surface area contributed by atoms with Crippen molar-refractivity contribution in [3.63, 3.8) is 0 Å². The second-order valence-corrected chi connectivity index (χ2v) is 6.59. The van der Waals surface area contributed by atoms with Gasteiger partial charge in [0.1, 0.15) is 12.4 Å². The lowest BCUT2D eigenvalue weighted by molar-refractivity contribution is 0.102. The Morgan fingerprint density at radius 3 is 2.74 bits per heavy atom. The summed E-state index contributed by atoms with van der Waals surface area (Å²) in [6, 6.07) is 14.6. The molecule has 27 heavy (non-hydrogen) atoms. The number of aryl methyl sites for hydroxylation is 1. The van der Waals surface area contributed by atoms with Crippen molar-refractivity contribution in [3.05, 3.63) is 76.4 Å². The van der Waals surface area contributed by atoms with Crippen molar-refractivity contribution in [2.45, 2.75) is 6.92 Å². The number of aromatic nitrogens is 2. The van der Waals surface area contributed by atoms with E-state index in [4.69, 9.17) is 16.3 Å². The van der Waals surface area contributed by atoms with Gasteiger partial charge in [-0.2, -0.15) is 5.10 Å². The highest BCUT2D eigenvalue weighted by Crippen LogP contribution is 2.24. The van der Waals surface area contributed by atoms with E-state index in [-0.39, 0.29) is 5.91 Å². The van der Waals surface area contributed by atoms with Crippen LogP contribution in [0.1, 0.15) is 21.5 Å². The van der Waals surface area contributed by atoms with Gasteiger partial charge in [0.15, 0.2) is 0 Å². The molecule has 1 aliphatic rings. The van der Waals surface area contributed by atoms with Gasteiger partial charge in [0.2, 0.25) is 5.90 Å². The monoisotopic (exact) mass is 380 g/mol. The molecule has 0 spiro atoms. The van der Waals surface area contributed by atoms with Crippen molar-refractivity contribution < 1.29 is 9.53 Å². The molecule has 136 valence electrons. The van der Waals surface area contributed by atoms with E-state index in [1.54, 1.807) is 29.1 Å². The van der Waals surface area contributed by atoms with Crippen LogP contribution >= 0.6 is 11.6 Å². The molecule has 1 aromatic heterocycles. The average molecular weight is 381 g/mol. The fraction of sp³-hybridized carbons (Fsp3) is 0.150. The van der Waals surface area contributed by atoms with E-state index < -0.39 is 0 Å². The average Bonchev–Trinajstić information content (AvgIpc) is 3.32. The molecule has 2 heterocycles. The lowest BCUT2D eigenvalue weighted by Crippen LogP contribution is -2.17. The molecule has 1 N–H and O–H groups in total. The lowest BCUT2D eigenvalue weighted by atomic mass is 10.1. The molecule has 7 heteroatoms. The van der Waals surface area contributed by atoms with Crippen molar-refractivity contribution in [3.8, 4) is 5.69 Å². The Kier molecular flexibility index (Phi) is 4.64. The number of nitrogens with one attached hydrogen (secondary N) is 1. The Bertz CT molecular complexity index is 1020. The Morgan fingerprint density at radius 2 is 2.04 bits per heavy atom. The zero-order valence-corrected chi connectivity index (χ0v) is 15.4. The van der Waals surface area contributed by atoms with Crippen molar-refractivity contribution >= 4 is 29.2 Å². The largest absolute Gasteiger partial charge is 0.475 e. The van der Waals surface area contributed by atoms with Crippen LogP contribution in [0.2, 0.25) is 5.02 Å². The summed E-state index contributed by atoms with van der Waals surface area (Å²) in [5.41, 5.74) is 2.99. The maximum atomic E-state index is 12.8. The van der Waals surface area contributed by atoms with Crippen LogP contribution in [0.15, 0.2) is 59.7 Å². The van der Waals surface area contributed by atoms with Crippen molar-refractivity contribution in [2.24, 2.45) is 4.99 Å². The van der Waals surface area contributed by atoms with Crippen molar-refractivity contribution in [1.29, 1.82) is 0 Å². The Morgan fingerprint density at radius 1 is 1.22 bits per heavy atom. The maximum Gasteiger partial charge on any atom is 0.256 e. The van der Waals surface area contributed by atoms with E-state index in [9.17, 15) is 4.79 Å². The molecular formula is C20H17ClN4O2. The third-order valence-electron chi connectivity index (χ3n) is 4.17. The van der Waals surface area contributed by atoms with Gasteiger partial charge in [-0.05, 0) is 43.3 Å². The number of amides is 1. The molecule has 0 atom stereocenters. The van der Waals surface area contributed by atoms with E-state index in [1.807, 2.05) is 37.3 Å². The molecule has 6 nitrogen and oxygen atoms in total. The molecule has 3 aromatic rings. The Labute approximate surface area is 161 Å². The molecule has 0 unspecified atom stereocenters. The predicted octanol–water partition coefficient (Wildman–Crippen LogP) is 3.86. The zero-order chi connectivity index (χ0) is 18.8. The normalized spacial score (nSPS) is 13.2. The molecule has 0 saturated heterocycles. The topological polar surface area (TPSA) is 68.5 Å². The van der Waals surface area contributed by atoms with Gasteiger partial charge in [0.05, 0.1) is 24.0 Å². The van der Waals surface area contributed by atoms with Gasteiger partial charge in [-0.1, -0.05) is 29.3 Å². The van der Waals surface area contributed by atoms with Crippen LogP contribution in [0.4, 0.5) is 5.82 Å². The van der Waals surface area contributed by atoms with Gasteiger partial charge < -0.3 is 10.1 Å². The second-order valence-electron chi connectivity index (χ2n) is 6.15. The van der Waals surface area contributed by atoms with E-state index in [1.165, 1.54) is 0 Å². The van der Waals surface area contributed by atoms with E-state index in [0.29, 0.717) is 41.0 Å². The number of aliphatic imine (C=N–C) groups is 1. The fourth-order valence-electron chi connectivity index (χ4n) is 2.87. The molecule has 0 aliphatic carbocycles. The van der Waals surface area contributed by atoms with Gasteiger partial charge in [0.25, 0.3) is 5.91 Å². The summed E-state index contributed by atoms with van der Waals surface area (Å²) in [5.74, 6) is 0.758. The summed E-state index contributed by atoms with van der Waals surface area (Å²) in [4.78, 5) is 17.2. The smallest absolute Gasteiger partial charge is 0.256 e. The molecule has 1 aliphatic heterocycles. The van der Waals surface area contributed by atoms with Crippen LogP contribution in [-0.2, 0) is 4.74 Å². The molecule has 0 saturated carbocycles. The molecule has 0 radical (unpaired) electrons. The molecular weight excluding hydrogens is 364 g/mol. The number of carbonyl (C=O) groups is 1. The summed E-state index contributed by atoms with van der Waals surface area (Å²) in [5, 5.41) is 8.01. The summed E-state index contributed by atoms with van der Waals surface area (Å²) in [6.45, 7) is 3.06. The highest BCUT2D eigenvalue weighted by Gasteiger charge is 2.22. The summed E-state index contributed by atoms with van der Waals surface area (Å²) >= 11 is 5.99. The van der Waals surface area contributed by atoms with Crippen molar-refractivity contribution in [2.75, 3.05) is 18.5 Å². The number of halogens is 1. The molecule has 1 amide bonds. The maximum absolute atomic E-state index is 12.8. The minimum atomic E-state index is -0.228. The first-order valence-electron chi connectivity index (χ1n) is 8.51. The number of rotatable bonds is 4. The molecule has 0 fully saturated rings. The van der Waals surface area contributed by atoms with Crippen LogP contribution in [0.3, 0.4) is 0 Å². The van der Waals surface area contributed by atoms with Gasteiger partial charge in [-0.3, -0.25) is 4.79 Å². The van der Waals surface area contributed by atoms with Gasteiger partial charge in [-0.15, -0.1) is 0 Å². The van der Waals surface area contributed by atoms with Crippen LogP contribution in [0.5, 0.6) is 0 Å². The standard InChI is InChI=1S/C20H17ClN4O2/c1-13-3-2-4-14(11-13)19(26)24-18-17(20-22-9-10-27-20)12-23-25(18)16-7-5-15(21)6-8-16/h2-8,11-12H,9-10H2,1H3,(H,24,26). The van der Waals surface area contributed by atoms with Gasteiger partial charge >= 0.3 is 0 Å². The molecule has 2 aromatic carbocycles. The lowest BCUT2D eigenvalue weighted by Gasteiger charge is -2.12. The quantitative estimate of drug-likeness (QED) is 0.747. The first-order chi connectivity index (χ1) is 13.1. The first kappa shape index (κ1) is 17.3. The fourth-order valence-corrected chi connectivity index (χ4v) is 2.99. The number of carbonyl (C=O) groups excluding carboxylic acids is 1. The number of benzene rings is 2. The second kappa shape index (κ2) is 7.25. The third kappa shape index (κ3) is 3.57. The van der Waals surface area contributed by atoms with E-state index >= 15 is 0 Å². The molecule has 0 bridgehead atoms. The number of nitrogens with zero attached hydrogens (tertiary/aromatic N) is 3. The van der Waals surface area contributed by atoms with Crippen molar-refractivity contribution in [1.82, 2.24) is 9.78 Å². The zero-order valence-electron chi connectivity index (χ0n) is 14.6. The highest BCUT2D eigenvalue weighted by molar-refractivity contribution is 6.30. The number of hydrogen-bond acceptors (Lipinski definition) is 4. The highest BCUT2D eigenvalue weighted by atomic mass is 35.5. The number of hydrogen-bond donors (Lipinski definition) is 1. The number of ether oxygens (including phenoxy) is 1. The van der Waals surface area contributed by atoms with Crippen LogP contribution in [0, 0.1) is 6.92 Å². The first-order valence-corrected chi connectivity index (χ1v) is 8.89. The van der Waals surface area contributed by atoms with Crippen LogP contribution in [0.25, 0.3) is 5.69 Å². The van der Waals surface area contributed by atoms with Crippen LogP contribution < -0.4 is 5.32 Å². The molecule has 4 rings (SSSR count). The minimum absolute atomic E-state index is 0.228. The van der Waals surface area contributed by atoms with Gasteiger partial charge in [0, 0.05) is 10.6 Å². The summed E-state index contributed by atoms with van der Waals surface area (Å²) in [6.07, 6.45) is 1.64. The number of anilines is 1. The Hall–Kier alpha value is -3.12.